The van der Waals surface area contributed by atoms with Crippen molar-refractivity contribution in [3.63, 3.8) is 0 Å². The number of nitrogens with zero attached hydrogens (tertiary/aromatic N) is 2. The normalized spacial score (nSPS) is 16.8. The van der Waals surface area contributed by atoms with E-state index in [1.54, 1.807) is 10.9 Å². The van der Waals surface area contributed by atoms with Crippen LogP contribution in [-0.2, 0) is 6.54 Å². The first-order valence-corrected chi connectivity index (χ1v) is 4.53. The van der Waals surface area contributed by atoms with Crippen LogP contribution in [0.15, 0.2) is 6.20 Å². The summed E-state index contributed by atoms with van der Waals surface area (Å²) >= 11 is 5.95. The molecule has 1 saturated carbocycles. The smallest absolute Gasteiger partial charge is 0.0820 e. The lowest BCUT2D eigenvalue weighted by Crippen LogP contribution is -2.07. The second kappa shape index (κ2) is 3.07. The van der Waals surface area contributed by atoms with Crippen LogP contribution in [0.4, 0.5) is 0 Å². The largest absolute Gasteiger partial charge is 0.394 e. The Kier molecular flexibility index (Phi) is 2.07. The van der Waals surface area contributed by atoms with Gasteiger partial charge in [0.15, 0.2) is 0 Å². The SMILES string of the molecule is OCCn1ncc(Cl)c1C1CC1. The molecule has 0 aliphatic heterocycles. The Hall–Kier alpha value is -0.540. The summed E-state index contributed by atoms with van der Waals surface area (Å²) in [5.41, 5.74) is 1.10. The highest BCUT2D eigenvalue weighted by atomic mass is 35.5. The Morgan fingerprint density at radius 2 is 2.42 bits per heavy atom. The molecule has 0 atom stereocenters. The summed E-state index contributed by atoms with van der Waals surface area (Å²) in [6.45, 7) is 0.677. The first kappa shape index (κ1) is 8.08. The van der Waals surface area contributed by atoms with Gasteiger partial charge in [-0.15, -0.1) is 0 Å². The third kappa shape index (κ3) is 1.34. The molecular formula is C8H11ClN2O. The highest BCUT2D eigenvalue weighted by Crippen LogP contribution is 2.42. The van der Waals surface area contributed by atoms with Gasteiger partial charge in [0.2, 0.25) is 0 Å². The molecule has 66 valence electrons. The molecule has 0 aromatic carbocycles. The van der Waals surface area contributed by atoms with Gasteiger partial charge in [-0.25, -0.2) is 0 Å². The highest BCUT2D eigenvalue weighted by Gasteiger charge is 2.29. The molecule has 1 aliphatic carbocycles. The van der Waals surface area contributed by atoms with E-state index in [9.17, 15) is 0 Å². The van der Waals surface area contributed by atoms with E-state index < -0.39 is 0 Å². The fourth-order valence-electron chi connectivity index (χ4n) is 1.41. The number of halogens is 1. The van der Waals surface area contributed by atoms with E-state index in [2.05, 4.69) is 5.10 Å². The van der Waals surface area contributed by atoms with Crippen LogP contribution in [0.25, 0.3) is 0 Å². The Bertz CT molecular complexity index is 281. The number of hydrogen-bond donors (Lipinski definition) is 1. The molecule has 1 N–H and O–H groups in total. The second-order valence-electron chi connectivity index (χ2n) is 3.10. The van der Waals surface area contributed by atoms with Crippen LogP contribution in [0.5, 0.6) is 0 Å². The topological polar surface area (TPSA) is 38.0 Å². The van der Waals surface area contributed by atoms with E-state index >= 15 is 0 Å². The van der Waals surface area contributed by atoms with Gasteiger partial charge < -0.3 is 5.11 Å². The van der Waals surface area contributed by atoms with Crippen molar-refractivity contribution in [1.29, 1.82) is 0 Å². The summed E-state index contributed by atoms with van der Waals surface area (Å²) in [6, 6.07) is 0. The minimum absolute atomic E-state index is 0.123. The molecule has 0 spiro atoms. The van der Waals surface area contributed by atoms with Crippen molar-refractivity contribution >= 4 is 11.6 Å². The molecule has 12 heavy (non-hydrogen) atoms. The van der Waals surface area contributed by atoms with Gasteiger partial charge in [0, 0.05) is 5.92 Å². The van der Waals surface area contributed by atoms with Gasteiger partial charge in [0.05, 0.1) is 30.1 Å². The van der Waals surface area contributed by atoms with Crippen molar-refractivity contribution in [2.75, 3.05) is 6.61 Å². The van der Waals surface area contributed by atoms with Gasteiger partial charge in [-0.2, -0.15) is 5.10 Å². The highest BCUT2D eigenvalue weighted by molar-refractivity contribution is 6.31. The molecule has 0 radical (unpaired) electrons. The van der Waals surface area contributed by atoms with Gasteiger partial charge in [0.1, 0.15) is 0 Å². The van der Waals surface area contributed by atoms with Crippen LogP contribution >= 0.6 is 11.6 Å². The van der Waals surface area contributed by atoms with Gasteiger partial charge in [-0.05, 0) is 12.8 Å². The van der Waals surface area contributed by atoms with Crippen molar-refractivity contribution in [2.24, 2.45) is 0 Å². The van der Waals surface area contributed by atoms with E-state index in [-0.39, 0.29) is 6.61 Å². The number of hydrogen-bond acceptors (Lipinski definition) is 2. The number of aliphatic hydroxyl groups excluding tert-OH is 1. The lowest BCUT2D eigenvalue weighted by molar-refractivity contribution is 0.267. The molecule has 3 nitrogen and oxygen atoms in total. The number of rotatable bonds is 3. The summed E-state index contributed by atoms with van der Waals surface area (Å²) in [4.78, 5) is 0. The Balaban J connectivity index is 2.27. The molecule has 1 aliphatic rings. The van der Waals surface area contributed by atoms with Gasteiger partial charge in [-0.1, -0.05) is 11.6 Å². The maximum absolute atomic E-state index is 8.75. The molecule has 1 aromatic rings. The molecule has 0 bridgehead atoms. The summed E-state index contributed by atoms with van der Waals surface area (Å²) in [7, 11) is 0. The zero-order chi connectivity index (χ0) is 8.55. The minimum Gasteiger partial charge on any atom is -0.394 e. The van der Waals surface area contributed by atoms with Crippen LogP contribution in [0.1, 0.15) is 24.5 Å². The Morgan fingerprint density at radius 1 is 1.67 bits per heavy atom. The molecule has 0 saturated heterocycles. The van der Waals surface area contributed by atoms with E-state index in [1.165, 1.54) is 12.8 Å². The predicted molar refractivity (Wildman–Crippen MR) is 46.3 cm³/mol. The van der Waals surface area contributed by atoms with E-state index in [4.69, 9.17) is 16.7 Å². The quantitative estimate of drug-likeness (QED) is 0.775. The fourth-order valence-corrected chi connectivity index (χ4v) is 1.70. The summed E-state index contributed by atoms with van der Waals surface area (Å²) < 4.78 is 1.81. The molecule has 4 heteroatoms. The second-order valence-corrected chi connectivity index (χ2v) is 3.51. The third-order valence-electron chi connectivity index (χ3n) is 2.11. The molecular weight excluding hydrogens is 176 g/mol. The van der Waals surface area contributed by atoms with Crippen LogP contribution in [-0.4, -0.2) is 21.5 Å². The van der Waals surface area contributed by atoms with Crippen LogP contribution in [0.2, 0.25) is 5.02 Å². The zero-order valence-electron chi connectivity index (χ0n) is 6.70. The van der Waals surface area contributed by atoms with Gasteiger partial charge >= 0.3 is 0 Å². The first-order valence-electron chi connectivity index (χ1n) is 4.15. The zero-order valence-corrected chi connectivity index (χ0v) is 7.46. The van der Waals surface area contributed by atoms with Crippen LogP contribution < -0.4 is 0 Å². The lowest BCUT2D eigenvalue weighted by atomic mass is 10.3. The molecule has 1 aromatic heterocycles. The molecule has 0 unspecified atom stereocenters. The lowest BCUT2D eigenvalue weighted by Gasteiger charge is -2.03. The van der Waals surface area contributed by atoms with Gasteiger partial charge in [-0.3, -0.25) is 4.68 Å². The third-order valence-corrected chi connectivity index (χ3v) is 2.40. The molecule has 1 fully saturated rings. The van der Waals surface area contributed by atoms with Crippen LogP contribution in [0, 0.1) is 0 Å². The summed E-state index contributed by atoms with van der Waals surface area (Å²) in [6.07, 6.45) is 4.07. The average molecular weight is 187 g/mol. The monoisotopic (exact) mass is 186 g/mol. The van der Waals surface area contributed by atoms with Crippen molar-refractivity contribution in [3.8, 4) is 0 Å². The maximum Gasteiger partial charge on any atom is 0.0820 e. The summed E-state index contributed by atoms with van der Waals surface area (Å²) in [5.74, 6) is 0.589. The van der Waals surface area contributed by atoms with E-state index in [1.807, 2.05) is 0 Å². The van der Waals surface area contributed by atoms with E-state index in [0.29, 0.717) is 12.5 Å². The molecule has 1 heterocycles. The number of aliphatic hydroxyl groups is 1. The Labute approximate surface area is 76.0 Å². The van der Waals surface area contributed by atoms with E-state index in [0.717, 1.165) is 10.7 Å². The maximum atomic E-state index is 8.75. The van der Waals surface area contributed by atoms with Crippen molar-refractivity contribution in [2.45, 2.75) is 25.3 Å². The summed E-state index contributed by atoms with van der Waals surface area (Å²) in [5, 5.41) is 13.6. The van der Waals surface area contributed by atoms with Crippen LogP contribution in [0.3, 0.4) is 0 Å². The average Bonchev–Trinajstić information content (AvgIpc) is 2.80. The standard InChI is InChI=1S/C8H11ClN2O/c9-7-5-10-11(3-4-12)8(7)6-1-2-6/h5-6,12H,1-4H2. The predicted octanol–water partition coefficient (Wildman–Crippen LogP) is 1.41. The first-order chi connectivity index (χ1) is 5.83. The minimum atomic E-state index is 0.123. The van der Waals surface area contributed by atoms with Crippen molar-refractivity contribution in [3.05, 3.63) is 16.9 Å². The molecule has 0 amide bonds. The molecule has 2 rings (SSSR count). The van der Waals surface area contributed by atoms with Crippen molar-refractivity contribution in [1.82, 2.24) is 9.78 Å². The fraction of sp³-hybridized carbons (Fsp3) is 0.625. The number of aromatic nitrogens is 2. The van der Waals surface area contributed by atoms with Gasteiger partial charge in [0.25, 0.3) is 0 Å². The van der Waals surface area contributed by atoms with Crippen molar-refractivity contribution < 1.29 is 5.11 Å². The Morgan fingerprint density at radius 3 is 3.00 bits per heavy atom.